The van der Waals surface area contributed by atoms with E-state index in [1.54, 1.807) is 19.1 Å². The third kappa shape index (κ3) is 3.27. The Morgan fingerprint density at radius 1 is 1.38 bits per heavy atom. The molecule has 0 aliphatic rings. The lowest BCUT2D eigenvalue weighted by Gasteiger charge is -1.99. The van der Waals surface area contributed by atoms with Crippen LogP contribution in [0, 0.1) is 22.7 Å². The van der Waals surface area contributed by atoms with Crippen LogP contribution in [-0.2, 0) is 4.74 Å². The fraction of sp³-hybridized carbons (Fsp3) is 0.200. The molecule has 0 saturated heterocycles. The fourth-order valence-corrected chi connectivity index (χ4v) is 0.649. The number of hydrogen-bond acceptors (Lipinski definition) is 3. The van der Waals surface area contributed by atoms with E-state index in [4.69, 9.17) is 15.3 Å². The SMILES string of the molecule is C=C(C#N)/C(C#N)=C\C(=C/C)OC. The number of nitriles is 2. The van der Waals surface area contributed by atoms with Crippen LogP contribution in [0.3, 0.4) is 0 Å². The standard InChI is InChI=1S/C10H10N2O/c1-4-10(13-3)5-9(7-12)8(2)6-11/h4-5H,2H2,1,3H3/b9-5-,10-4+. The molecule has 0 radical (unpaired) electrons. The molecule has 3 heteroatoms. The van der Waals surface area contributed by atoms with Crippen LogP contribution < -0.4 is 0 Å². The molecule has 0 aliphatic heterocycles. The van der Waals surface area contributed by atoms with Gasteiger partial charge in [0.15, 0.2) is 0 Å². The van der Waals surface area contributed by atoms with Crippen molar-refractivity contribution in [3.05, 3.63) is 35.6 Å². The Morgan fingerprint density at radius 2 is 2.00 bits per heavy atom. The Hall–Kier alpha value is -2.00. The minimum absolute atomic E-state index is 0.138. The summed E-state index contributed by atoms with van der Waals surface area (Å²) in [6, 6.07) is 3.67. The van der Waals surface area contributed by atoms with Crippen LogP contribution in [0.2, 0.25) is 0 Å². The first kappa shape index (κ1) is 11.0. The van der Waals surface area contributed by atoms with Crippen molar-refractivity contribution in [1.82, 2.24) is 0 Å². The molecule has 13 heavy (non-hydrogen) atoms. The van der Waals surface area contributed by atoms with E-state index in [9.17, 15) is 0 Å². The van der Waals surface area contributed by atoms with E-state index in [2.05, 4.69) is 6.58 Å². The van der Waals surface area contributed by atoms with Crippen LogP contribution in [-0.4, -0.2) is 7.11 Å². The number of methoxy groups -OCH3 is 1. The molecule has 3 nitrogen and oxygen atoms in total. The zero-order valence-corrected chi connectivity index (χ0v) is 7.66. The predicted molar refractivity (Wildman–Crippen MR) is 49.2 cm³/mol. The highest BCUT2D eigenvalue weighted by Crippen LogP contribution is 2.09. The van der Waals surface area contributed by atoms with Gasteiger partial charge in [0.25, 0.3) is 0 Å². The van der Waals surface area contributed by atoms with Crippen molar-refractivity contribution in [2.24, 2.45) is 0 Å². The average Bonchev–Trinajstić information content (AvgIpc) is 2.19. The van der Waals surface area contributed by atoms with E-state index >= 15 is 0 Å². The third-order valence-electron chi connectivity index (χ3n) is 1.39. The lowest BCUT2D eigenvalue weighted by Crippen LogP contribution is -1.87. The molecule has 0 aliphatic carbocycles. The van der Waals surface area contributed by atoms with Gasteiger partial charge in [-0.05, 0) is 19.1 Å². The second-order valence-electron chi connectivity index (χ2n) is 2.16. The van der Waals surface area contributed by atoms with E-state index in [0.717, 1.165) is 0 Å². The third-order valence-corrected chi connectivity index (χ3v) is 1.39. The molecule has 0 heterocycles. The highest BCUT2D eigenvalue weighted by Gasteiger charge is 2.01. The Kier molecular flexibility index (Phi) is 4.76. The lowest BCUT2D eigenvalue weighted by molar-refractivity contribution is 0.306. The Labute approximate surface area is 77.9 Å². The summed E-state index contributed by atoms with van der Waals surface area (Å²) < 4.78 is 4.91. The maximum absolute atomic E-state index is 8.65. The molecular formula is C10H10N2O. The van der Waals surface area contributed by atoms with Gasteiger partial charge in [-0.25, -0.2) is 0 Å². The van der Waals surface area contributed by atoms with Gasteiger partial charge in [-0.15, -0.1) is 0 Å². The molecule has 0 saturated carbocycles. The lowest BCUT2D eigenvalue weighted by atomic mass is 10.1. The minimum Gasteiger partial charge on any atom is -0.497 e. The van der Waals surface area contributed by atoms with Crippen LogP contribution in [0.4, 0.5) is 0 Å². The van der Waals surface area contributed by atoms with Crippen molar-refractivity contribution >= 4 is 0 Å². The van der Waals surface area contributed by atoms with Gasteiger partial charge in [-0.1, -0.05) is 6.58 Å². The summed E-state index contributed by atoms with van der Waals surface area (Å²) >= 11 is 0. The first-order valence-electron chi connectivity index (χ1n) is 3.61. The van der Waals surface area contributed by atoms with Crippen LogP contribution >= 0.6 is 0 Å². The summed E-state index contributed by atoms with van der Waals surface area (Å²) in [7, 11) is 1.50. The van der Waals surface area contributed by atoms with Gasteiger partial charge in [0.1, 0.15) is 11.8 Å². The molecule has 0 amide bonds. The zero-order chi connectivity index (χ0) is 10.3. The van der Waals surface area contributed by atoms with Gasteiger partial charge in [0.2, 0.25) is 0 Å². The quantitative estimate of drug-likeness (QED) is 0.374. The minimum atomic E-state index is 0.138. The van der Waals surface area contributed by atoms with Crippen LogP contribution in [0.15, 0.2) is 35.6 Å². The monoisotopic (exact) mass is 174 g/mol. The van der Waals surface area contributed by atoms with E-state index in [0.29, 0.717) is 5.76 Å². The van der Waals surface area contributed by atoms with Crippen molar-refractivity contribution < 1.29 is 4.74 Å². The summed E-state index contributed by atoms with van der Waals surface area (Å²) in [6.45, 7) is 5.21. The van der Waals surface area contributed by atoms with Gasteiger partial charge >= 0.3 is 0 Å². The van der Waals surface area contributed by atoms with Crippen molar-refractivity contribution in [2.45, 2.75) is 6.92 Å². The maximum Gasteiger partial charge on any atom is 0.115 e. The fourth-order valence-electron chi connectivity index (χ4n) is 0.649. The summed E-state index contributed by atoms with van der Waals surface area (Å²) in [5.74, 6) is 0.535. The molecular weight excluding hydrogens is 164 g/mol. The number of nitrogens with zero attached hydrogens (tertiary/aromatic N) is 2. The van der Waals surface area contributed by atoms with Gasteiger partial charge in [0.05, 0.1) is 24.3 Å². The molecule has 0 rings (SSSR count). The molecule has 0 aromatic rings. The van der Waals surface area contributed by atoms with Crippen LogP contribution in [0.1, 0.15) is 6.92 Å². The number of allylic oxidation sites excluding steroid dienone is 4. The molecule has 0 spiro atoms. The van der Waals surface area contributed by atoms with E-state index in [1.807, 2.05) is 6.07 Å². The number of hydrogen-bond donors (Lipinski definition) is 0. The predicted octanol–water partition coefficient (Wildman–Crippen LogP) is 2.07. The van der Waals surface area contributed by atoms with Gasteiger partial charge in [0, 0.05) is 0 Å². The van der Waals surface area contributed by atoms with Crippen molar-refractivity contribution in [3.63, 3.8) is 0 Å². The molecule has 0 aromatic carbocycles. The van der Waals surface area contributed by atoms with Crippen molar-refractivity contribution in [2.75, 3.05) is 7.11 Å². The van der Waals surface area contributed by atoms with E-state index in [1.165, 1.54) is 13.2 Å². The first-order chi connectivity index (χ1) is 6.19. The molecule has 0 atom stereocenters. The first-order valence-corrected chi connectivity index (χ1v) is 3.61. The zero-order valence-electron chi connectivity index (χ0n) is 7.66. The summed E-state index contributed by atoms with van der Waals surface area (Å²) in [6.07, 6.45) is 3.17. The van der Waals surface area contributed by atoms with Crippen molar-refractivity contribution in [1.29, 1.82) is 10.5 Å². The van der Waals surface area contributed by atoms with Gasteiger partial charge in [-0.2, -0.15) is 10.5 Å². The van der Waals surface area contributed by atoms with Crippen LogP contribution in [0.5, 0.6) is 0 Å². The Bertz CT molecular complexity index is 337. The maximum atomic E-state index is 8.65. The Balaban J connectivity index is 4.92. The topological polar surface area (TPSA) is 56.8 Å². The molecule has 0 aromatic heterocycles. The van der Waals surface area contributed by atoms with Gasteiger partial charge < -0.3 is 4.74 Å². The summed E-state index contributed by atoms with van der Waals surface area (Å²) in [4.78, 5) is 0. The molecule has 0 N–H and O–H groups in total. The largest absolute Gasteiger partial charge is 0.497 e. The van der Waals surface area contributed by atoms with E-state index < -0.39 is 0 Å². The number of rotatable bonds is 3. The van der Waals surface area contributed by atoms with E-state index in [-0.39, 0.29) is 11.1 Å². The molecule has 0 unspecified atom stereocenters. The molecule has 0 bridgehead atoms. The second-order valence-corrected chi connectivity index (χ2v) is 2.16. The smallest absolute Gasteiger partial charge is 0.115 e. The highest BCUT2D eigenvalue weighted by molar-refractivity contribution is 5.50. The Morgan fingerprint density at radius 3 is 2.31 bits per heavy atom. The average molecular weight is 174 g/mol. The van der Waals surface area contributed by atoms with Crippen LogP contribution in [0.25, 0.3) is 0 Å². The summed E-state index contributed by atoms with van der Waals surface area (Å²) in [5, 5.41) is 17.1. The molecule has 66 valence electrons. The highest BCUT2D eigenvalue weighted by atomic mass is 16.5. The molecule has 0 fully saturated rings. The normalized spacial score (nSPS) is 11.4. The summed E-state index contributed by atoms with van der Waals surface area (Å²) in [5.41, 5.74) is 0.358. The second kappa shape index (κ2) is 5.62. The van der Waals surface area contributed by atoms with Crippen molar-refractivity contribution in [3.8, 4) is 12.1 Å². The van der Waals surface area contributed by atoms with Gasteiger partial charge in [-0.3, -0.25) is 0 Å². The number of ether oxygens (including phenoxy) is 1.